The van der Waals surface area contributed by atoms with Crippen LogP contribution in [0.5, 0.6) is 0 Å². The molecule has 3 nitrogen and oxygen atoms in total. The van der Waals surface area contributed by atoms with Gasteiger partial charge in [-0.25, -0.2) is 4.98 Å². The Morgan fingerprint density at radius 1 is 0.288 bits per heavy atom. The average Bonchev–Trinajstić information content (AvgIpc) is 3.23. The summed E-state index contributed by atoms with van der Waals surface area (Å²) in [6.45, 7) is 0. The third kappa shape index (κ3) is 5.10. The molecule has 0 aliphatic rings. The molecule has 0 fully saturated rings. The summed E-state index contributed by atoms with van der Waals surface area (Å²) in [5.41, 5.74) is 12.7. The van der Waals surface area contributed by atoms with Crippen molar-refractivity contribution in [2.45, 2.75) is 0 Å². The molecule has 10 rings (SSSR count). The molecule has 0 unspecified atom stereocenters. The van der Waals surface area contributed by atoms with Gasteiger partial charge < -0.3 is 0 Å². The van der Waals surface area contributed by atoms with E-state index in [1.807, 2.05) is 36.4 Å². The highest BCUT2D eigenvalue weighted by atomic mass is 14.8. The fourth-order valence-corrected chi connectivity index (χ4v) is 7.72. The summed E-state index contributed by atoms with van der Waals surface area (Å²) >= 11 is 0. The lowest BCUT2D eigenvalue weighted by Gasteiger charge is -2.18. The van der Waals surface area contributed by atoms with Crippen molar-refractivity contribution in [1.29, 1.82) is 0 Å². The van der Waals surface area contributed by atoms with Crippen molar-refractivity contribution >= 4 is 32.3 Å². The summed E-state index contributed by atoms with van der Waals surface area (Å²) in [7, 11) is 0. The van der Waals surface area contributed by atoms with E-state index in [1.165, 1.54) is 60.1 Å². The number of nitrogens with zero attached hydrogens (tertiary/aromatic N) is 3. The monoisotopic (exact) mass is 661 g/mol. The van der Waals surface area contributed by atoms with Gasteiger partial charge in [-0.3, -0.25) is 9.97 Å². The molecule has 0 amide bonds. The molecular formula is C49H31N3. The molecule has 0 aliphatic heterocycles. The van der Waals surface area contributed by atoms with Gasteiger partial charge in [-0.1, -0.05) is 140 Å². The highest BCUT2D eigenvalue weighted by Gasteiger charge is 2.17. The highest BCUT2D eigenvalue weighted by molar-refractivity contribution is 6.25. The Hall–Kier alpha value is -6.97. The van der Waals surface area contributed by atoms with Crippen LogP contribution in [0.1, 0.15) is 0 Å². The maximum atomic E-state index is 4.96. The van der Waals surface area contributed by atoms with Crippen LogP contribution in [0.2, 0.25) is 0 Å². The van der Waals surface area contributed by atoms with Crippen LogP contribution in [0.4, 0.5) is 0 Å². The molecular weight excluding hydrogens is 631 g/mol. The van der Waals surface area contributed by atoms with E-state index >= 15 is 0 Å². The quantitative estimate of drug-likeness (QED) is 0.166. The summed E-state index contributed by atoms with van der Waals surface area (Å²) < 4.78 is 0. The summed E-state index contributed by atoms with van der Waals surface area (Å²) in [5, 5.41) is 7.79. The van der Waals surface area contributed by atoms with E-state index in [0.717, 1.165) is 39.5 Å². The molecule has 0 bridgehead atoms. The van der Waals surface area contributed by atoms with Gasteiger partial charge in [0, 0.05) is 12.4 Å². The molecule has 0 N–H and O–H groups in total. The van der Waals surface area contributed by atoms with Gasteiger partial charge in [0.1, 0.15) is 0 Å². The summed E-state index contributed by atoms with van der Waals surface area (Å²) in [6.07, 6.45) is 3.61. The molecule has 0 radical (unpaired) electrons. The fraction of sp³-hybridized carbons (Fsp3) is 0. The number of rotatable bonds is 6. The predicted octanol–water partition coefficient (Wildman–Crippen LogP) is 12.8. The minimum absolute atomic E-state index is 0.816. The number of aromatic nitrogens is 3. The van der Waals surface area contributed by atoms with Crippen LogP contribution in [-0.2, 0) is 0 Å². The van der Waals surface area contributed by atoms with Gasteiger partial charge in [-0.2, -0.15) is 0 Å². The van der Waals surface area contributed by atoms with Crippen LogP contribution in [0, 0.1) is 0 Å². The predicted molar refractivity (Wildman–Crippen MR) is 216 cm³/mol. The molecule has 0 spiro atoms. The Bertz CT molecular complexity index is 2810. The second-order valence-electron chi connectivity index (χ2n) is 13.2. The summed E-state index contributed by atoms with van der Waals surface area (Å²) in [4.78, 5) is 14.2. The maximum Gasteiger partial charge on any atom is 0.0900 e. The smallest absolute Gasteiger partial charge is 0.0900 e. The van der Waals surface area contributed by atoms with Gasteiger partial charge in [-0.05, 0) is 113 Å². The Labute approximate surface area is 301 Å². The Balaban J connectivity index is 1.08. The van der Waals surface area contributed by atoms with E-state index in [4.69, 9.17) is 4.98 Å². The molecule has 3 aromatic heterocycles. The van der Waals surface area contributed by atoms with E-state index in [-0.39, 0.29) is 0 Å². The first-order chi connectivity index (χ1) is 25.8. The van der Waals surface area contributed by atoms with Gasteiger partial charge in [0.15, 0.2) is 0 Å². The molecule has 3 heterocycles. The van der Waals surface area contributed by atoms with E-state index in [2.05, 4.69) is 149 Å². The SMILES string of the molecule is c1ccc(-c2cc(-c3ccc(-c4ccccc4-c4ccccc4-c4ccc5ccc6cccc7ccc4c5c67)cc3)cc(-c3ccccn3)n2)nc1. The van der Waals surface area contributed by atoms with Crippen LogP contribution in [0.15, 0.2) is 188 Å². The van der Waals surface area contributed by atoms with Crippen molar-refractivity contribution in [3.8, 4) is 67.3 Å². The van der Waals surface area contributed by atoms with Crippen molar-refractivity contribution in [3.05, 3.63) is 188 Å². The van der Waals surface area contributed by atoms with E-state index in [1.54, 1.807) is 12.4 Å². The molecule has 7 aromatic carbocycles. The fourth-order valence-electron chi connectivity index (χ4n) is 7.72. The van der Waals surface area contributed by atoms with Crippen LogP contribution in [0.3, 0.4) is 0 Å². The number of hydrogen-bond donors (Lipinski definition) is 0. The maximum absolute atomic E-state index is 4.96. The normalized spacial score (nSPS) is 11.5. The van der Waals surface area contributed by atoms with Gasteiger partial charge in [0.2, 0.25) is 0 Å². The Kier molecular flexibility index (Phi) is 7.14. The Morgan fingerprint density at radius 2 is 0.788 bits per heavy atom. The van der Waals surface area contributed by atoms with Crippen molar-refractivity contribution in [1.82, 2.24) is 15.0 Å². The van der Waals surface area contributed by atoms with E-state index in [9.17, 15) is 0 Å². The van der Waals surface area contributed by atoms with Gasteiger partial charge in [0.25, 0.3) is 0 Å². The Morgan fingerprint density at radius 3 is 1.40 bits per heavy atom. The zero-order valence-corrected chi connectivity index (χ0v) is 28.2. The first-order valence-electron chi connectivity index (χ1n) is 17.6. The first kappa shape index (κ1) is 29.9. The molecule has 0 saturated heterocycles. The van der Waals surface area contributed by atoms with Crippen LogP contribution in [-0.4, -0.2) is 15.0 Å². The minimum Gasteiger partial charge on any atom is -0.255 e. The number of hydrogen-bond acceptors (Lipinski definition) is 3. The van der Waals surface area contributed by atoms with Crippen molar-refractivity contribution in [3.63, 3.8) is 0 Å². The van der Waals surface area contributed by atoms with Gasteiger partial charge >= 0.3 is 0 Å². The zero-order chi connectivity index (χ0) is 34.4. The lowest BCUT2D eigenvalue weighted by molar-refractivity contribution is 1.22. The average molecular weight is 662 g/mol. The summed E-state index contributed by atoms with van der Waals surface area (Å²) in [6, 6.07) is 62.8. The number of benzene rings is 7. The van der Waals surface area contributed by atoms with Crippen molar-refractivity contribution in [2.75, 3.05) is 0 Å². The molecule has 10 aromatic rings. The van der Waals surface area contributed by atoms with Gasteiger partial charge in [-0.15, -0.1) is 0 Å². The van der Waals surface area contributed by atoms with Crippen LogP contribution < -0.4 is 0 Å². The largest absolute Gasteiger partial charge is 0.255 e. The molecule has 0 aliphatic carbocycles. The summed E-state index contributed by atoms with van der Waals surface area (Å²) in [5.74, 6) is 0. The lowest BCUT2D eigenvalue weighted by Crippen LogP contribution is -1.94. The first-order valence-corrected chi connectivity index (χ1v) is 17.6. The second-order valence-corrected chi connectivity index (χ2v) is 13.2. The third-order valence-corrected chi connectivity index (χ3v) is 10.2. The molecule has 0 saturated carbocycles. The van der Waals surface area contributed by atoms with Crippen molar-refractivity contribution < 1.29 is 0 Å². The minimum atomic E-state index is 0.816. The van der Waals surface area contributed by atoms with Crippen LogP contribution in [0.25, 0.3) is 99.6 Å². The third-order valence-electron chi connectivity index (χ3n) is 10.2. The molecule has 52 heavy (non-hydrogen) atoms. The number of pyridine rings is 3. The lowest BCUT2D eigenvalue weighted by atomic mass is 9.85. The van der Waals surface area contributed by atoms with Gasteiger partial charge in [0.05, 0.1) is 22.8 Å². The highest BCUT2D eigenvalue weighted by Crippen LogP contribution is 2.44. The van der Waals surface area contributed by atoms with E-state index < -0.39 is 0 Å². The molecule has 0 atom stereocenters. The standard InChI is InChI=1S/C49H31N3/c1-2-13-39(40-14-3-4-15-41(40)42-26-24-36-23-22-34-10-9-11-35-25-27-43(42)49(36)48(34)35)38(12-1)33-20-18-32(19-21-33)37-30-46(44-16-5-7-28-50-44)52-47(31-37)45-17-6-8-29-51-45/h1-31H. The topological polar surface area (TPSA) is 38.7 Å². The van der Waals surface area contributed by atoms with E-state index in [0.29, 0.717) is 0 Å². The molecule has 3 heteroatoms. The molecule has 242 valence electrons. The second kappa shape index (κ2) is 12.4. The van der Waals surface area contributed by atoms with Crippen LogP contribution >= 0.6 is 0 Å². The zero-order valence-electron chi connectivity index (χ0n) is 28.2. The van der Waals surface area contributed by atoms with Crippen molar-refractivity contribution in [2.24, 2.45) is 0 Å².